The molecule has 5 nitrogen and oxygen atoms in total. The second-order valence-electron chi connectivity index (χ2n) is 7.29. The van der Waals surface area contributed by atoms with E-state index in [9.17, 15) is 4.39 Å². The van der Waals surface area contributed by atoms with Gasteiger partial charge in [-0.15, -0.1) is 0 Å². The minimum atomic E-state index is -0.194. The summed E-state index contributed by atoms with van der Waals surface area (Å²) in [4.78, 5) is 10.4. The maximum absolute atomic E-state index is 14.2. The highest BCUT2D eigenvalue weighted by atomic mass is 19.1. The number of nitrogen functional groups attached to an aromatic ring is 2. The zero-order chi connectivity index (χ0) is 20.0. The largest absolute Gasteiger partial charge is 0.383 e. The van der Waals surface area contributed by atoms with Crippen LogP contribution in [0.2, 0.25) is 0 Å². The highest BCUT2D eigenvalue weighted by Crippen LogP contribution is 2.36. The van der Waals surface area contributed by atoms with Gasteiger partial charge in [-0.05, 0) is 46.7 Å². The predicted octanol–water partition coefficient (Wildman–Crippen LogP) is 4.16. The Bertz CT molecular complexity index is 1240. The molecule has 0 radical (unpaired) electrons. The SMILES string of the molecule is Nc1ncc(CN2CCc3cc(-c4ccc(F)c5ccccc45)ccc32)c(N)n1. The number of aromatic nitrogens is 2. The molecule has 0 saturated carbocycles. The Balaban J connectivity index is 1.50. The summed E-state index contributed by atoms with van der Waals surface area (Å²) in [5.74, 6) is 0.407. The fourth-order valence-corrected chi connectivity index (χ4v) is 4.08. The van der Waals surface area contributed by atoms with Crippen molar-refractivity contribution in [3.63, 3.8) is 0 Å². The molecule has 0 amide bonds. The molecule has 0 fully saturated rings. The summed E-state index contributed by atoms with van der Waals surface area (Å²) < 4.78 is 14.2. The van der Waals surface area contributed by atoms with Gasteiger partial charge in [0.2, 0.25) is 5.95 Å². The molecule has 0 atom stereocenters. The van der Waals surface area contributed by atoms with Crippen molar-refractivity contribution in [3.8, 4) is 11.1 Å². The van der Waals surface area contributed by atoms with Crippen molar-refractivity contribution in [2.24, 2.45) is 0 Å². The zero-order valence-electron chi connectivity index (χ0n) is 15.8. The molecule has 1 aromatic heterocycles. The van der Waals surface area contributed by atoms with Crippen molar-refractivity contribution in [1.29, 1.82) is 0 Å². The first-order valence-electron chi connectivity index (χ1n) is 9.52. The van der Waals surface area contributed by atoms with E-state index in [4.69, 9.17) is 11.5 Å². The maximum Gasteiger partial charge on any atom is 0.221 e. The lowest BCUT2D eigenvalue weighted by Crippen LogP contribution is -2.21. The third kappa shape index (κ3) is 3.02. The van der Waals surface area contributed by atoms with Gasteiger partial charge in [-0.1, -0.05) is 36.4 Å². The maximum atomic E-state index is 14.2. The summed E-state index contributed by atoms with van der Waals surface area (Å²) in [6, 6.07) is 17.4. The normalized spacial score (nSPS) is 13.1. The van der Waals surface area contributed by atoms with Crippen LogP contribution in [0.1, 0.15) is 11.1 Å². The molecule has 0 unspecified atom stereocenters. The number of anilines is 3. The van der Waals surface area contributed by atoms with Crippen molar-refractivity contribution in [1.82, 2.24) is 9.97 Å². The number of hydrogen-bond acceptors (Lipinski definition) is 5. The Morgan fingerprint density at radius 2 is 1.83 bits per heavy atom. The Morgan fingerprint density at radius 3 is 2.66 bits per heavy atom. The average molecular weight is 385 g/mol. The standard InChI is InChI=1S/C23H20FN5/c24-20-7-6-17(18-3-1-2-4-19(18)20)14-5-8-21-15(11-14)9-10-29(21)13-16-12-27-23(26)28-22(16)25/h1-8,11-12H,9-10,13H2,(H4,25,26,27,28). The number of fused-ring (bicyclic) bond motifs is 2. The molecule has 6 heteroatoms. The minimum Gasteiger partial charge on any atom is -0.383 e. The quantitative estimate of drug-likeness (QED) is 0.553. The number of hydrogen-bond donors (Lipinski definition) is 2. The predicted molar refractivity (Wildman–Crippen MR) is 115 cm³/mol. The first-order valence-corrected chi connectivity index (χ1v) is 9.52. The van der Waals surface area contributed by atoms with Gasteiger partial charge in [-0.2, -0.15) is 4.98 Å². The molecular formula is C23H20FN5. The van der Waals surface area contributed by atoms with Crippen molar-refractivity contribution in [3.05, 3.63) is 77.7 Å². The molecule has 144 valence electrons. The average Bonchev–Trinajstić information content (AvgIpc) is 3.13. The first kappa shape index (κ1) is 17.4. The van der Waals surface area contributed by atoms with E-state index in [2.05, 4.69) is 33.1 Å². The molecule has 4 N–H and O–H groups in total. The lowest BCUT2D eigenvalue weighted by Gasteiger charge is -2.20. The van der Waals surface area contributed by atoms with Crippen LogP contribution in [0.3, 0.4) is 0 Å². The van der Waals surface area contributed by atoms with E-state index in [-0.39, 0.29) is 11.8 Å². The van der Waals surface area contributed by atoms with Gasteiger partial charge in [0.15, 0.2) is 0 Å². The fraction of sp³-hybridized carbons (Fsp3) is 0.130. The summed E-state index contributed by atoms with van der Waals surface area (Å²) >= 11 is 0. The molecule has 0 bridgehead atoms. The second kappa shape index (κ2) is 6.74. The van der Waals surface area contributed by atoms with E-state index in [1.807, 2.05) is 30.3 Å². The summed E-state index contributed by atoms with van der Waals surface area (Å²) in [7, 11) is 0. The van der Waals surface area contributed by atoms with Crippen molar-refractivity contribution < 1.29 is 4.39 Å². The highest BCUT2D eigenvalue weighted by Gasteiger charge is 2.21. The molecule has 3 aromatic carbocycles. The van der Waals surface area contributed by atoms with E-state index >= 15 is 0 Å². The van der Waals surface area contributed by atoms with Crippen LogP contribution in [0.15, 0.2) is 60.8 Å². The second-order valence-corrected chi connectivity index (χ2v) is 7.29. The summed E-state index contributed by atoms with van der Waals surface area (Å²) in [6.45, 7) is 1.53. The number of halogens is 1. The highest BCUT2D eigenvalue weighted by molar-refractivity contribution is 5.97. The third-order valence-corrected chi connectivity index (χ3v) is 5.53. The molecule has 0 spiro atoms. The summed E-state index contributed by atoms with van der Waals surface area (Å²) in [5.41, 5.74) is 17.0. The van der Waals surface area contributed by atoms with E-state index < -0.39 is 0 Å². The smallest absolute Gasteiger partial charge is 0.221 e. The summed E-state index contributed by atoms with van der Waals surface area (Å²) in [5, 5.41) is 1.57. The Labute approximate surface area is 167 Å². The van der Waals surface area contributed by atoms with Gasteiger partial charge >= 0.3 is 0 Å². The van der Waals surface area contributed by atoms with Crippen LogP contribution >= 0.6 is 0 Å². The number of benzene rings is 3. The monoisotopic (exact) mass is 385 g/mol. The topological polar surface area (TPSA) is 81.1 Å². The van der Waals surface area contributed by atoms with Crippen molar-refractivity contribution in [2.75, 3.05) is 22.9 Å². The number of rotatable bonds is 3. The Hall–Kier alpha value is -3.67. The number of nitrogens with zero attached hydrogens (tertiary/aromatic N) is 3. The van der Waals surface area contributed by atoms with Crippen LogP contribution in [0.4, 0.5) is 21.8 Å². The molecule has 0 aliphatic carbocycles. The first-order chi connectivity index (χ1) is 14.1. The minimum absolute atomic E-state index is 0.184. The van der Waals surface area contributed by atoms with Crippen LogP contribution in [0.5, 0.6) is 0 Å². The van der Waals surface area contributed by atoms with Crippen LogP contribution < -0.4 is 16.4 Å². The molecule has 0 saturated heterocycles. The lowest BCUT2D eigenvalue weighted by atomic mass is 9.96. The number of nitrogens with two attached hydrogens (primary N) is 2. The Morgan fingerprint density at radius 1 is 1.00 bits per heavy atom. The van der Waals surface area contributed by atoms with Crippen LogP contribution in [-0.4, -0.2) is 16.5 Å². The molecule has 29 heavy (non-hydrogen) atoms. The van der Waals surface area contributed by atoms with Gasteiger partial charge < -0.3 is 16.4 Å². The fourth-order valence-electron chi connectivity index (χ4n) is 4.08. The lowest BCUT2D eigenvalue weighted by molar-refractivity contribution is 0.640. The van der Waals surface area contributed by atoms with Gasteiger partial charge in [-0.3, -0.25) is 0 Å². The van der Waals surface area contributed by atoms with Gasteiger partial charge in [0, 0.05) is 35.9 Å². The van der Waals surface area contributed by atoms with Crippen LogP contribution in [0, 0.1) is 5.82 Å². The molecule has 5 rings (SSSR count). The van der Waals surface area contributed by atoms with Gasteiger partial charge in [0.1, 0.15) is 11.6 Å². The van der Waals surface area contributed by atoms with E-state index in [1.165, 1.54) is 11.3 Å². The molecule has 1 aliphatic rings. The third-order valence-electron chi connectivity index (χ3n) is 5.53. The van der Waals surface area contributed by atoms with Gasteiger partial charge in [0.25, 0.3) is 0 Å². The van der Waals surface area contributed by atoms with E-state index in [0.717, 1.165) is 35.0 Å². The van der Waals surface area contributed by atoms with E-state index in [1.54, 1.807) is 12.3 Å². The van der Waals surface area contributed by atoms with Crippen LogP contribution in [-0.2, 0) is 13.0 Å². The molecule has 4 aromatic rings. The van der Waals surface area contributed by atoms with Crippen molar-refractivity contribution in [2.45, 2.75) is 13.0 Å². The molecule has 2 heterocycles. The molecule has 1 aliphatic heterocycles. The van der Waals surface area contributed by atoms with Crippen LogP contribution in [0.25, 0.3) is 21.9 Å². The summed E-state index contributed by atoms with van der Waals surface area (Å²) in [6.07, 6.45) is 2.63. The van der Waals surface area contributed by atoms with Gasteiger partial charge in [-0.25, -0.2) is 9.37 Å². The molecular weight excluding hydrogens is 365 g/mol. The zero-order valence-corrected chi connectivity index (χ0v) is 15.8. The van der Waals surface area contributed by atoms with Gasteiger partial charge in [0.05, 0.1) is 0 Å². The van der Waals surface area contributed by atoms with E-state index in [0.29, 0.717) is 17.7 Å². The van der Waals surface area contributed by atoms with Crippen molar-refractivity contribution >= 4 is 28.2 Å². The Kier molecular flexibility index (Phi) is 4.05.